The molecule has 5 nitrogen and oxygen atoms in total. The Morgan fingerprint density at radius 2 is 1.81 bits per heavy atom. The fourth-order valence-electron chi connectivity index (χ4n) is 2.82. The van der Waals surface area contributed by atoms with Gasteiger partial charge in [-0.1, -0.05) is 45.9 Å². The Bertz CT molecular complexity index is 749. The summed E-state index contributed by atoms with van der Waals surface area (Å²) >= 11 is 0. The summed E-state index contributed by atoms with van der Waals surface area (Å²) in [6.45, 7) is 8.21. The van der Waals surface area contributed by atoms with Crippen molar-refractivity contribution in [2.45, 2.75) is 45.6 Å². The molecule has 1 aromatic carbocycles. The van der Waals surface area contributed by atoms with E-state index in [9.17, 15) is 9.59 Å². The van der Waals surface area contributed by atoms with Gasteiger partial charge < -0.3 is 5.32 Å². The molecule has 1 N–H and O–H groups in total. The number of hydrogen-bond acceptors (Lipinski definition) is 3. The first-order valence-electron chi connectivity index (χ1n) is 8.83. The predicted molar refractivity (Wildman–Crippen MR) is 104 cm³/mol. The zero-order chi connectivity index (χ0) is 19.3. The molecule has 1 heterocycles. The molecular weight excluding hydrogens is 326 g/mol. The maximum atomic E-state index is 12.8. The first-order chi connectivity index (χ1) is 12.3. The predicted octanol–water partition coefficient (Wildman–Crippen LogP) is 3.61. The van der Waals surface area contributed by atoms with Crippen LogP contribution in [0.15, 0.2) is 48.8 Å². The number of amides is 2. The number of benzene rings is 1. The molecule has 0 saturated carbocycles. The lowest BCUT2D eigenvalue weighted by Gasteiger charge is -2.31. The minimum Gasteiger partial charge on any atom is -0.357 e. The maximum absolute atomic E-state index is 12.8. The molecule has 2 rings (SSSR count). The second-order valence-electron chi connectivity index (χ2n) is 7.22. The zero-order valence-electron chi connectivity index (χ0n) is 16.1. The number of anilines is 1. The number of nitrogens with one attached hydrogen (secondary N) is 1. The van der Waals surface area contributed by atoms with Crippen LogP contribution in [0.4, 0.5) is 5.69 Å². The Balaban J connectivity index is 2.54. The second-order valence-corrected chi connectivity index (χ2v) is 7.22. The van der Waals surface area contributed by atoms with Crippen molar-refractivity contribution in [3.63, 3.8) is 0 Å². The molecule has 0 aliphatic carbocycles. The molecule has 2 aromatic rings. The van der Waals surface area contributed by atoms with E-state index >= 15 is 0 Å². The first-order valence-corrected chi connectivity index (χ1v) is 8.83. The lowest BCUT2D eigenvalue weighted by Crippen LogP contribution is -2.43. The van der Waals surface area contributed by atoms with Crippen molar-refractivity contribution in [3.05, 3.63) is 59.9 Å². The van der Waals surface area contributed by atoms with Crippen molar-refractivity contribution in [1.29, 1.82) is 0 Å². The van der Waals surface area contributed by atoms with E-state index < -0.39 is 6.04 Å². The van der Waals surface area contributed by atoms with E-state index in [2.05, 4.69) is 31.1 Å². The Labute approximate surface area is 155 Å². The fourth-order valence-corrected chi connectivity index (χ4v) is 2.82. The van der Waals surface area contributed by atoms with Crippen molar-refractivity contribution >= 4 is 17.5 Å². The highest BCUT2D eigenvalue weighted by molar-refractivity contribution is 6.01. The Morgan fingerprint density at radius 1 is 1.15 bits per heavy atom. The molecule has 1 aromatic heterocycles. The van der Waals surface area contributed by atoms with Crippen LogP contribution in [-0.2, 0) is 15.0 Å². The van der Waals surface area contributed by atoms with Crippen LogP contribution in [0, 0.1) is 0 Å². The lowest BCUT2D eigenvalue weighted by molar-refractivity contribution is -0.126. The highest BCUT2D eigenvalue weighted by Gasteiger charge is 2.31. The van der Waals surface area contributed by atoms with Gasteiger partial charge in [-0.25, -0.2) is 0 Å². The van der Waals surface area contributed by atoms with Gasteiger partial charge in [0, 0.05) is 37.1 Å². The SMILES string of the molecule is CCC(=O)N(c1ccc(C(C)(C)C)cc1)[C@@H](C(=O)NC)c1cccnc1. The lowest BCUT2D eigenvalue weighted by atomic mass is 9.87. The van der Waals surface area contributed by atoms with Gasteiger partial charge in [0.1, 0.15) is 6.04 Å². The summed E-state index contributed by atoms with van der Waals surface area (Å²) in [5.41, 5.74) is 2.56. The summed E-state index contributed by atoms with van der Waals surface area (Å²) in [5.74, 6) is -0.370. The van der Waals surface area contributed by atoms with Gasteiger partial charge in [-0.3, -0.25) is 19.5 Å². The number of pyridine rings is 1. The minimum absolute atomic E-state index is 0.0155. The van der Waals surface area contributed by atoms with Crippen molar-refractivity contribution in [2.75, 3.05) is 11.9 Å². The van der Waals surface area contributed by atoms with E-state index in [1.54, 1.807) is 37.3 Å². The highest BCUT2D eigenvalue weighted by atomic mass is 16.2. The Morgan fingerprint density at radius 3 is 2.27 bits per heavy atom. The van der Waals surface area contributed by atoms with Gasteiger partial charge in [0.25, 0.3) is 0 Å². The normalized spacial score (nSPS) is 12.3. The van der Waals surface area contributed by atoms with Crippen LogP contribution in [0.3, 0.4) is 0 Å². The summed E-state index contributed by atoms with van der Waals surface area (Å²) in [6.07, 6.45) is 3.57. The summed E-state index contributed by atoms with van der Waals surface area (Å²) in [6, 6.07) is 10.6. The highest BCUT2D eigenvalue weighted by Crippen LogP contribution is 2.30. The number of nitrogens with zero attached hydrogens (tertiary/aromatic N) is 2. The van der Waals surface area contributed by atoms with E-state index in [-0.39, 0.29) is 17.2 Å². The molecule has 0 unspecified atom stereocenters. The molecule has 26 heavy (non-hydrogen) atoms. The van der Waals surface area contributed by atoms with Gasteiger partial charge in [-0.15, -0.1) is 0 Å². The monoisotopic (exact) mass is 353 g/mol. The number of carbonyl (C=O) groups excluding carboxylic acids is 2. The molecular formula is C21H27N3O2. The number of hydrogen-bond donors (Lipinski definition) is 1. The molecule has 0 spiro atoms. The third-order valence-electron chi connectivity index (χ3n) is 4.34. The van der Waals surface area contributed by atoms with Crippen LogP contribution < -0.4 is 10.2 Å². The molecule has 0 aliphatic heterocycles. The van der Waals surface area contributed by atoms with Crippen LogP contribution in [0.25, 0.3) is 0 Å². The van der Waals surface area contributed by atoms with Crippen molar-refractivity contribution in [3.8, 4) is 0 Å². The number of likely N-dealkylation sites (N-methyl/N-ethyl adjacent to an activating group) is 1. The van der Waals surface area contributed by atoms with Crippen LogP contribution in [0.2, 0.25) is 0 Å². The average molecular weight is 353 g/mol. The number of aromatic nitrogens is 1. The molecule has 5 heteroatoms. The van der Waals surface area contributed by atoms with Crippen LogP contribution in [0.1, 0.15) is 51.3 Å². The van der Waals surface area contributed by atoms with E-state index in [0.29, 0.717) is 17.7 Å². The molecule has 138 valence electrons. The Kier molecular flexibility index (Phi) is 6.14. The molecule has 0 bridgehead atoms. The zero-order valence-corrected chi connectivity index (χ0v) is 16.1. The largest absolute Gasteiger partial charge is 0.357 e. The van der Waals surface area contributed by atoms with Crippen LogP contribution >= 0.6 is 0 Å². The van der Waals surface area contributed by atoms with Crippen LogP contribution in [0.5, 0.6) is 0 Å². The fraction of sp³-hybridized carbons (Fsp3) is 0.381. The van der Waals surface area contributed by atoms with Gasteiger partial charge in [0.05, 0.1) is 0 Å². The summed E-state index contributed by atoms with van der Waals surface area (Å²) in [7, 11) is 1.57. The van der Waals surface area contributed by atoms with Crippen molar-refractivity contribution in [1.82, 2.24) is 10.3 Å². The van der Waals surface area contributed by atoms with Gasteiger partial charge in [-0.2, -0.15) is 0 Å². The van der Waals surface area contributed by atoms with Gasteiger partial charge in [0.15, 0.2) is 0 Å². The summed E-state index contributed by atoms with van der Waals surface area (Å²) < 4.78 is 0. The van der Waals surface area contributed by atoms with Gasteiger partial charge in [0.2, 0.25) is 11.8 Å². The standard InChI is InChI=1S/C21H27N3O2/c1-6-18(25)24(17-11-9-16(10-12-17)21(2,3)4)19(20(26)22-5)15-8-7-13-23-14-15/h7-14,19H,6H2,1-5H3,(H,22,26)/t19-/m1/s1. The maximum Gasteiger partial charge on any atom is 0.247 e. The number of carbonyl (C=O) groups is 2. The van der Waals surface area contributed by atoms with Gasteiger partial charge in [-0.05, 0) is 29.2 Å². The smallest absolute Gasteiger partial charge is 0.247 e. The third-order valence-corrected chi connectivity index (χ3v) is 4.34. The molecule has 0 aliphatic rings. The van der Waals surface area contributed by atoms with E-state index in [1.807, 2.05) is 30.3 Å². The number of rotatable bonds is 5. The van der Waals surface area contributed by atoms with Gasteiger partial charge >= 0.3 is 0 Å². The second kappa shape index (κ2) is 8.13. The quantitative estimate of drug-likeness (QED) is 0.893. The van der Waals surface area contributed by atoms with Crippen LogP contribution in [-0.4, -0.2) is 23.8 Å². The molecule has 0 saturated heterocycles. The first kappa shape index (κ1) is 19.6. The molecule has 2 amide bonds. The molecule has 1 atom stereocenters. The minimum atomic E-state index is -0.762. The molecule has 0 radical (unpaired) electrons. The summed E-state index contributed by atoms with van der Waals surface area (Å²) in [5, 5.41) is 2.67. The van der Waals surface area contributed by atoms with Crippen molar-refractivity contribution < 1.29 is 9.59 Å². The van der Waals surface area contributed by atoms with E-state index in [0.717, 1.165) is 0 Å². The summed E-state index contributed by atoms with van der Waals surface area (Å²) in [4.78, 5) is 31.1. The topological polar surface area (TPSA) is 62.3 Å². The van der Waals surface area contributed by atoms with Crippen molar-refractivity contribution in [2.24, 2.45) is 0 Å². The third kappa shape index (κ3) is 4.28. The average Bonchev–Trinajstić information content (AvgIpc) is 2.65. The Hall–Kier alpha value is -2.69. The van der Waals surface area contributed by atoms with E-state index in [4.69, 9.17) is 0 Å². The molecule has 0 fully saturated rings. The van der Waals surface area contributed by atoms with E-state index in [1.165, 1.54) is 5.56 Å².